The maximum Gasteiger partial charge on any atom is 0.354 e. The number of alkyl halides is 1. The molecule has 0 bridgehead atoms. The number of hydrogen-bond acceptors (Lipinski definition) is 5. The molecule has 0 radical (unpaired) electrons. The monoisotopic (exact) mass is 219 g/mol. The summed E-state index contributed by atoms with van der Waals surface area (Å²) in [5, 5.41) is 2.34. The molecule has 2 fully saturated rings. The number of nitrogens with one attached hydrogen (secondary N) is 1. The Balaban J connectivity index is 2.31. The predicted octanol–water partition coefficient (Wildman–Crippen LogP) is -1.77. The van der Waals surface area contributed by atoms with Crippen molar-refractivity contribution < 1.29 is 14.3 Å². The quantitative estimate of drug-likeness (QED) is 0.376. The minimum atomic E-state index is -1.57. The second-order valence-corrected chi connectivity index (χ2v) is 3.89. The van der Waals surface area contributed by atoms with E-state index in [1.54, 1.807) is 0 Å². The Labute approximate surface area is 84.9 Å². The number of fused-ring (bicyclic) bond motifs is 1. The first-order valence-corrected chi connectivity index (χ1v) is 4.68. The molecular weight excluding hydrogens is 210 g/mol. The molecule has 78 valence electrons. The van der Waals surface area contributed by atoms with Gasteiger partial charge in [0.1, 0.15) is 0 Å². The summed E-state index contributed by atoms with van der Waals surface area (Å²) >= 11 is 5.51. The van der Waals surface area contributed by atoms with Crippen LogP contribution in [-0.4, -0.2) is 29.1 Å². The van der Waals surface area contributed by atoms with Crippen LogP contribution in [0.1, 0.15) is 6.42 Å². The highest BCUT2D eigenvalue weighted by Crippen LogP contribution is 2.43. The lowest BCUT2D eigenvalue weighted by Gasteiger charge is -2.47. The van der Waals surface area contributed by atoms with Gasteiger partial charge in [0.2, 0.25) is 17.3 Å². The zero-order chi connectivity index (χ0) is 10.6. The van der Waals surface area contributed by atoms with Crippen LogP contribution in [0.3, 0.4) is 0 Å². The number of hydrogen-bond donors (Lipinski definition) is 3. The van der Waals surface area contributed by atoms with Gasteiger partial charge in [0.25, 0.3) is 0 Å². The van der Waals surface area contributed by atoms with E-state index in [-0.39, 0.29) is 11.8 Å². The summed E-state index contributed by atoms with van der Waals surface area (Å²) in [7, 11) is 0. The van der Waals surface area contributed by atoms with Crippen LogP contribution in [0.5, 0.6) is 0 Å². The van der Waals surface area contributed by atoms with Gasteiger partial charge in [0.05, 0.1) is 5.92 Å². The zero-order valence-corrected chi connectivity index (χ0v) is 8.00. The Morgan fingerprint density at radius 2 is 2.14 bits per heavy atom. The topological polar surface area (TPSA) is 107 Å². The average molecular weight is 220 g/mol. The molecule has 0 aromatic heterocycles. The fourth-order valence-electron chi connectivity index (χ4n) is 1.85. The van der Waals surface area contributed by atoms with Crippen molar-refractivity contribution >= 4 is 23.5 Å². The molecule has 2 aliphatic rings. The Morgan fingerprint density at radius 1 is 1.50 bits per heavy atom. The highest BCUT2D eigenvalue weighted by molar-refractivity contribution is 6.18. The van der Waals surface area contributed by atoms with Crippen LogP contribution in [0.15, 0.2) is 0 Å². The minimum absolute atomic E-state index is 0.255. The molecule has 2 aliphatic heterocycles. The van der Waals surface area contributed by atoms with Crippen LogP contribution >= 0.6 is 11.6 Å². The van der Waals surface area contributed by atoms with Crippen LogP contribution in [0.2, 0.25) is 0 Å². The van der Waals surface area contributed by atoms with Gasteiger partial charge in [-0.3, -0.25) is 16.3 Å². The van der Waals surface area contributed by atoms with E-state index in [9.17, 15) is 9.59 Å². The van der Waals surface area contributed by atoms with Crippen molar-refractivity contribution in [1.29, 1.82) is 0 Å². The summed E-state index contributed by atoms with van der Waals surface area (Å²) in [4.78, 5) is 22.5. The van der Waals surface area contributed by atoms with E-state index in [1.807, 2.05) is 0 Å². The normalized spacial score (nSPS) is 45.2. The van der Waals surface area contributed by atoms with Crippen LogP contribution < -0.4 is 16.8 Å². The van der Waals surface area contributed by atoms with E-state index >= 15 is 0 Å². The number of rotatable bonds is 2. The van der Waals surface area contributed by atoms with Gasteiger partial charge in [-0.15, -0.1) is 11.6 Å². The van der Waals surface area contributed by atoms with Crippen molar-refractivity contribution in [3.05, 3.63) is 0 Å². The minimum Gasteiger partial charge on any atom is -0.436 e. The largest absolute Gasteiger partial charge is 0.436 e. The van der Waals surface area contributed by atoms with Gasteiger partial charge in [0.15, 0.2) is 0 Å². The van der Waals surface area contributed by atoms with Crippen molar-refractivity contribution in [1.82, 2.24) is 5.32 Å². The van der Waals surface area contributed by atoms with Gasteiger partial charge < -0.3 is 10.1 Å². The molecule has 5 N–H and O–H groups in total. The van der Waals surface area contributed by atoms with Gasteiger partial charge >= 0.3 is 5.97 Å². The Morgan fingerprint density at radius 3 is 2.57 bits per heavy atom. The number of halogens is 1. The molecule has 2 heterocycles. The molecule has 0 saturated carbocycles. The number of ether oxygens (including phenoxy) is 1. The van der Waals surface area contributed by atoms with E-state index in [0.29, 0.717) is 6.42 Å². The van der Waals surface area contributed by atoms with E-state index in [1.165, 1.54) is 0 Å². The van der Waals surface area contributed by atoms with E-state index < -0.39 is 23.3 Å². The van der Waals surface area contributed by atoms with Crippen molar-refractivity contribution in [2.75, 3.05) is 5.88 Å². The van der Waals surface area contributed by atoms with Gasteiger partial charge in [-0.2, -0.15) is 0 Å². The van der Waals surface area contributed by atoms with Gasteiger partial charge in [-0.25, -0.2) is 4.79 Å². The Bertz CT molecular complexity index is 323. The Hall–Kier alpha value is -0.850. The average Bonchev–Trinajstić information content (AvgIpc) is 2.25. The first-order valence-electron chi connectivity index (χ1n) is 4.15. The van der Waals surface area contributed by atoms with Gasteiger partial charge in [-0.05, 0) is 6.42 Å². The maximum absolute atomic E-state index is 11.4. The maximum atomic E-state index is 11.4. The third kappa shape index (κ3) is 0.832. The summed E-state index contributed by atoms with van der Waals surface area (Å²) in [6.07, 6.45) is 0.329. The van der Waals surface area contributed by atoms with Crippen LogP contribution in [-0.2, 0) is 14.3 Å². The molecule has 0 aromatic carbocycles. The van der Waals surface area contributed by atoms with E-state index in [0.717, 1.165) is 0 Å². The van der Waals surface area contributed by atoms with Crippen molar-refractivity contribution in [2.24, 2.45) is 17.4 Å². The summed E-state index contributed by atoms with van der Waals surface area (Å²) in [5.41, 5.74) is 8.36. The molecule has 7 heteroatoms. The molecule has 0 aromatic rings. The molecule has 0 aliphatic carbocycles. The summed E-state index contributed by atoms with van der Waals surface area (Å²) < 4.78 is 4.76. The molecule has 14 heavy (non-hydrogen) atoms. The number of carbonyl (C=O) groups is 2. The van der Waals surface area contributed by atoms with E-state index in [4.69, 9.17) is 27.8 Å². The Kier molecular flexibility index (Phi) is 1.79. The van der Waals surface area contributed by atoms with Gasteiger partial charge in [-0.1, -0.05) is 0 Å². The number of esters is 1. The predicted molar refractivity (Wildman–Crippen MR) is 46.9 cm³/mol. The second kappa shape index (κ2) is 2.59. The third-order valence-electron chi connectivity index (χ3n) is 2.75. The molecule has 0 unspecified atom stereocenters. The molecule has 2 saturated heterocycles. The van der Waals surface area contributed by atoms with Crippen molar-refractivity contribution in [3.8, 4) is 0 Å². The SMILES string of the molecule is N[C@@]12NC(=O)[C@H](CCCl)[C@]1(N)OC2=O. The highest BCUT2D eigenvalue weighted by Gasteiger charge is 2.75. The van der Waals surface area contributed by atoms with E-state index in [2.05, 4.69) is 5.32 Å². The molecule has 1 amide bonds. The van der Waals surface area contributed by atoms with Crippen molar-refractivity contribution in [3.63, 3.8) is 0 Å². The van der Waals surface area contributed by atoms with Gasteiger partial charge in [0, 0.05) is 5.88 Å². The third-order valence-corrected chi connectivity index (χ3v) is 2.97. The number of amides is 1. The summed E-state index contributed by atoms with van der Waals surface area (Å²) in [6.45, 7) is 0. The fourth-order valence-corrected chi connectivity index (χ4v) is 2.07. The number of carbonyl (C=O) groups excluding carboxylic acids is 2. The lowest BCUT2D eigenvalue weighted by molar-refractivity contribution is -0.222. The van der Waals surface area contributed by atoms with Crippen LogP contribution in [0, 0.1) is 5.92 Å². The molecule has 3 atom stereocenters. The number of nitrogens with two attached hydrogens (primary N) is 2. The summed E-state index contributed by atoms with van der Waals surface area (Å²) in [5.74, 6) is -1.50. The van der Waals surface area contributed by atoms with Crippen molar-refractivity contribution in [2.45, 2.75) is 17.8 Å². The second-order valence-electron chi connectivity index (χ2n) is 3.51. The fraction of sp³-hybridized carbons (Fsp3) is 0.714. The van der Waals surface area contributed by atoms with Crippen LogP contribution in [0.25, 0.3) is 0 Å². The lowest BCUT2D eigenvalue weighted by Crippen LogP contribution is -2.84. The highest BCUT2D eigenvalue weighted by atomic mass is 35.5. The smallest absolute Gasteiger partial charge is 0.354 e. The summed E-state index contributed by atoms with van der Waals surface area (Å²) in [6, 6.07) is 0. The first-order chi connectivity index (χ1) is 6.45. The molecule has 2 rings (SSSR count). The molecule has 6 nitrogen and oxygen atoms in total. The molecular formula is C7H10ClN3O3. The lowest BCUT2D eigenvalue weighted by atomic mass is 9.83. The zero-order valence-electron chi connectivity index (χ0n) is 7.25. The van der Waals surface area contributed by atoms with Crippen LogP contribution in [0.4, 0.5) is 0 Å². The first kappa shape index (κ1) is 9.70. The standard InChI is InChI=1S/C7H10ClN3O3/c8-2-1-3-4(12)11-6(9)5(13)14-7(3,6)10/h3H,1-2,9-10H2,(H,11,12)/t3-,6-,7-/m0/s1. The molecule has 0 spiro atoms.